The van der Waals surface area contributed by atoms with Crippen molar-refractivity contribution in [3.63, 3.8) is 0 Å². The lowest BCUT2D eigenvalue weighted by Gasteiger charge is -2.17. The highest BCUT2D eigenvalue weighted by molar-refractivity contribution is 5.88. The molecule has 3 N–H and O–H groups in total. The molecule has 0 atom stereocenters. The summed E-state index contributed by atoms with van der Waals surface area (Å²) in [6.45, 7) is -0.990. The lowest BCUT2D eigenvalue weighted by Crippen LogP contribution is -2.37. The van der Waals surface area contributed by atoms with E-state index in [0.717, 1.165) is 4.90 Å². The molecule has 0 saturated heterocycles. The molecule has 0 aromatic heterocycles. The Morgan fingerprint density at radius 3 is 2.31 bits per heavy atom. The summed E-state index contributed by atoms with van der Waals surface area (Å²) in [4.78, 5) is 43.7. The number of rotatable bonds is 8. The van der Waals surface area contributed by atoms with Gasteiger partial charge in [0.15, 0.2) is 0 Å². The second kappa shape index (κ2) is 7.52. The van der Waals surface area contributed by atoms with Crippen molar-refractivity contribution in [3.8, 4) is 0 Å². The van der Waals surface area contributed by atoms with Gasteiger partial charge in [0.1, 0.15) is 18.6 Å². The molecular weight excluding hydrogens is 216 g/mol. The van der Waals surface area contributed by atoms with Gasteiger partial charge in [-0.25, -0.2) is 0 Å². The highest BCUT2D eigenvalue weighted by Crippen LogP contribution is 1.98. The quantitative estimate of drug-likeness (QED) is 0.485. The van der Waals surface area contributed by atoms with Crippen molar-refractivity contribution in [2.75, 3.05) is 19.6 Å². The minimum atomic E-state index is -1.21. The average molecular weight is 230 g/mol. The van der Waals surface area contributed by atoms with E-state index in [1.54, 1.807) is 0 Å². The molecule has 0 spiro atoms. The Labute approximate surface area is 92.2 Å². The molecule has 0 unspecified atom stereocenters. The molecular formula is C9H14N2O5. The fourth-order valence-corrected chi connectivity index (χ4v) is 1.01. The minimum Gasteiger partial charge on any atom is -0.480 e. The molecule has 16 heavy (non-hydrogen) atoms. The van der Waals surface area contributed by atoms with E-state index < -0.39 is 18.4 Å². The smallest absolute Gasteiger partial charge is 0.323 e. The van der Waals surface area contributed by atoms with Crippen molar-refractivity contribution < 1.29 is 24.3 Å². The number of nitrogens with two attached hydrogens (primary N) is 1. The standard InChI is InChI=1S/C9H14N2O5/c10-5-7(13)1-2-8(14)11(3-4-12)6-9(15)16/h4H,1-3,5-6,10H2,(H,15,16). The number of aliphatic carboxylic acids is 1. The maximum Gasteiger partial charge on any atom is 0.323 e. The fraction of sp³-hybridized carbons (Fsp3) is 0.556. The van der Waals surface area contributed by atoms with E-state index in [2.05, 4.69) is 0 Å². The Hall–Kier alpha value is -1.76. The summed E-state index contributed by atoms with van der Waals surface area (Å²) in [5.41, 5.74) is 5.05. The molecule has 0 aliphatic carbocycles. The average Bonchev–Trinajstić information content (AvgIpc) is 2.24. The van der Waals surface area contributed by atoms with Gasteiger partial charge >= 0.3 is 5.97 Å². The van der Waals surface area contributed by atoms with Gasteiger partial charge < -0.3 is 20.5 Å². The second-order valence-corrected chi connectivity index (χ2v) is 3.08. The van der Waals surface area contributed by atoms with Crippen molar-refractivity contribution in [2.45, 2.75) is 12.8 Å². The third kappa shape index (κ3) is 5.86. The van der Waals surface area contributed by atoms with E-state index in [1.165, 1.54) is 0 Å². The first kappa shape index (κ1) is 14.2. The Balaban J connectivity index is 4.21. The van der Waals surface area contributed by atoms with E-state index >= 15 is 0 Å². The maximum atomic E-state index is 11.4. The summed E-state index contributed by atoms with van der Waals surface area (Å²) in [6, 6.07) is 0. The van der Waals surface area contributed by atoms with Crippen LogP contribution in [0.1, 0.15) is 12.8 Å². The van der Waals surface area contributed by atoms with Crippen LogP contribution in [0, 0.1) is 0 Å². The van der Waals surface area contributed by atoms with Crippen LogP contribution >= 0.6 is 0 Å². The Morgan fingerprint density at radius 2 is 1.88 bits per heavy atom. The van der Waals surface area contributed by atoms with Crippen LogP contribution in [0.2, 0.25) is 0 Å². The predicted octanol–water partition coefficient (Wildman–Crippen LogP) is -1.59. The number of Topliss-reactive ketones (excluding diaryl/α,β-unsaturated/α-hetero) is 1. The number of amides is 1. The number of ketones is 1. The Morgan fingerprint density at radius 1 is 1.25 bits per heavy atom. The van der Waals surface area contributed by atoms with Crippen LogP contribution in [0.3, 0.4) is 0 Å². The molecule has 90 valence electrons. The van der Waals surface area contributed by atoms with Gasteiger partial charge in [0.05, 0.1) is 13.1 Å². The predicted molar refractivity (Wildman–Crippen MR) is 53.6 cm³/mol. The van der Waals surface area contributed by atoms with Crippen LogP contribution in [0.15, 0.2) is 0 Å². The molecule has 0 heterocycles. The maximum absolute atomic E-state index is 11.4. The number of carboxylic acid groups (broad SMARTS) is 1. The third-order valence-electron chi connectivity index (χ3n) is 1.82. The zero-order valence-electron chi connectivity index (χ0n) is 8.72. The highest BCUT2D eigenvalue weighted by Gasteiger charge is 2.16. The van der Waals surface area contributed by atoms with Crippen LogP contribution < -0.4 is 5.73 Å². The van der Waals surface area contributed by atoms with Crippen LogP contribution in [0.5, 0.6) is 0 Å². The van der Waals surface area contributed by atoms with E-state index in [4.69, 9.17) is 10.8 Å². The van der Waals surface area contributed by atoms with E-state index in [1.807, 2.05) is 0 Å². The van der Waals surface area contributed by atoms with Crippen molar-refractivity contribution >= 4 is 23.9 Å². The third-order valence-corrected chi connectivity index (χ3v) is 1.82. The van der Waals surface area contributed by atoms with Crippen LogP contribution in [0.25, 0.3) is 0 Å². The number of carboxylic acids is 1. The van der Waals surface area contributed by atoms with Gasteiger partial charge in [0, 0.05) is 12.8 Å². The summed E-state index contributed by atoms with van der Waals surface area (Å²) in [5.74, 6) is -2.04. The van der Waals surface area contributed by atoms with Gasteiger partial charge in [-0.15, -0.1) is 0 Å². The van der Waals surface area contributed by atoms with Crippen molar-refractivity contribution in [1.82, 2.24) is 4.90 Å². The van der Waals surface area contributed by atoms with Crippen molar-refractivity contribution in [1.29, 1.82) is 0 Å². The molecule has 0 aliphatic rings. The van der Waals surface area contributed by atoms with Crippen molar-refractivity contribution in [2.24, 2.45) is 5.73 Å². The Kier molecular flexibility index (Phi) is 6.69. The van der Waals surface area contributed by atoms with Gasteiger partial charge in [0.2, 0.25) is 5.91 Å². The van der Waals surface area contributed by atoms with Gasteiger partial charge in [-0.1, -0.05) is 0 Å². The van der Waals surface area contributed by atoms with Crippen LogP contribution in [0.4, 0.5) is 0 Å². The summed E-state index contributed by atoms with van der Waals surface area (Å²) < 4.78 is 0. The first-order valence-electron chi connectivity index (χ1n) is 4.66. The molecule has 0 fully saturated rings. The monoisotopic (exact) mass is 230 g/mol. The normalized spacial score (nSPS) is 9.56. The Bertz CT molecular complexity index is 290. The van der Waals surface area contributed by atoms with E-state index in [-0.39, 0.29) is 31.7 Å². The van der Waals surface area contributed by atoms with Crippen LogP contribution in [-0.2, 0) is 19.2 Å². The molecule has 0 radical (unpaired) electrons. The summed E-state index contributed by atoms with van der Waals surface area (Å²) >= 11 is 0. The number of nitrogens with zero attached hydrogens (tertiary/aromatic N) is 1. The summed E-state index contributed by atoms with van der Waals surface area (Å²) in [5, 5.41) is 8.49. The van der Waals surface area contributed by atoms with Gasteiger partial charge in [0.25, 0.3) is 0 Å². The number of hydrogen-bond acceptors (Lipinski definition) is 5. The molecule has 0 bridgehead atoms. The lowest BCUT2D eigenvalue weighted by molar-refractivity contribution is -0.145. The van der Waals surface area contributed by atoms with Gasteiger partial charge in [-0.05, 0) is 0 Å². The number of carbonyl (C=O) groups is 4. The SMILES string of the molecule is NCC(=O)CCC(=O)N(CC=O)CC(=O)O. The fourth-order valence-electron chi connectivity index (χ4n) is 1.01. The number of carbonyl (C=O) groups excluding carboxylic acids is 3. The molecule has 0 aliphatic heterocycles. The highest BCUT2D eigenvalue weighted by atomic mass is 16.4. The first-order valence-corrected chi connectivity index (χ1v) is 4.66. The van der Waals surface area contributed by atoms with E-state index in [9.17, 15) is 19.2 Å². The lowest BCUT2D eigenvalue weighted by atomic mass is 10.2. The topological polar surface area (TPSA) is 118 Å². The zero-order chi connectivity index (χ0) is 12.6. The van der Waals surface area contributed by atoms with E-state index in [0.29, 0.717) is 6.29 Å². The molecule has 0 saturated carbocycles. The molecule has 7 nitrogen and oxygen atoms in total. The second-order valence-electron chi connectivity index (χ2n) is 3.08. The minimum absolute atomic E-state index is 0.0374. The number of hydrogen-bond donors (Lipinski definition) is 2. The molecule has 7 heteroatoms. The van der Waals surface area contributed by atoms with Gasteiger partial charge in [-0.2, -0.15) is 0 Å². The largest absolute Gasteiger partial charge is 0.480 e. The molecule has 1 amide bonds. The number of aldehydes is 1. The first-order chi connectivity index (χ1) is 7.51. The zero-order valence-corrected chi connectivity index (χ0v) is 8.72. The molecule has 0 rings (SSSR count). The summed E-state index contributed by atoms with van der Waals surface area (Å²) in [6.07, 6.45) is 0.271. The summed E-state index contributed by atoms with van der Waals surface area (Å²) in [7, 11) is 0. The van der Waals surface area contributed by atoms with Crippen LogP contribution in [-0.4, -0.2) is 53.6 Å². The molecule has 0 aromatic carbocycles. The van der Waals surface area contributed by atoms with Crippen molar-refractivity contribution in [3.05, 3.63) is 0 Å². The molecule has 0 aromatic rings. The van der Waals surface area contributed by atoms with Gasteiger partial charge in [-0.3, -0.25) is 14.4 Å².